The van der Waals surface area contributed by atoms with Crippen LogP contribution in [0.3, 0.4) is 0 Å². The van der Waals surface area contributed by atoms with Crippen molar-refractivity contribution in [2.24, 2.45) is 0 Å². The smallest absolute Gasteiger partial charge is 0.243 e. The first kappa shape index (κ1) is 16.4. The predicted molar refractivity (Wildman–Crippen MR) is 81.0 cm³/mol. The molecule has 0 spiro atoms. The van der Waals surface area contributed by atoms with Gasteiger partial charge in [0.2, 0.25) is 10.0 Å². The molecule has 2 rings (SSSR count). The van der Waals surface area contributed by atoms with Crippen molar-refractivity contribution in [3.63, 3.8) is 0 Å². The van der Waals surface area contributed by atoms with E-state index < -0.39 is 15.8 Å². The van der Waals surface area contributed by atoms with E-state index in [-0.39, 0.29) is 17.0 Å². The highest BCUT2D eigenvalue weighted by molar-refractivity contribution is 7.89. The molecule has 6 heteroatoms. The highest BCUT2D eigenvalue weighted by Crippen LogP contribution is 2.33. The van der Waals surface area contributed by atoms with Crippen LogP contribution in [0.2, 0.25) is 0 Å². The molecule has 1 aromatic rings. The van der Waals surface area contributed by atoms with Crippen LogP contribution in [0.1, 0.15) is 39.2 Å². The summed E-state index contributed by atoms with van der Waals surface area (Å²) >= 11 is 0. The second-order valence-electron chi connectivity index (χ2n) is 5.73. The van der Waals surface area contributed by atoms with Crippen LogP contribution in [-0.2, 0) is 16.6 Å². The van der Waals surface area contributed by atoms with Gasteiger partial charge in [-0.1, -0.05) is 26.8 Å². The number of hydrogen-bond acceptors (Lipinski definition) is 3. The minimum Gasteiger partial charge on any atom is -0.310 e. The summed E-state index contributed by atoms with van der Waals surface area (Å²) in [5.74, 6) is -0.520. The fourth-order valence-electron chi connectivity index (χ4n) is 2.34. The molecule has 0 unspecified atom stereocenters. The van der Waals surface area contributed by atoms with Gasteiger partial charge in [-0.2, -0.15) is 4.31 Å². The summed E-state index contributed by atoms with van der Waals surface area (Å²) in [4.78, 5) is 0.0874. The average Bonchev–Trinajstić information content (AvgIpc) is 3.22. The Labute approximate surface area is 126 Å². The van der Waals surface area contributed by atoms with Gasteiger partial charge >= 0.3 is 0 Å². The van der Waals surface area contributed by atoms with Crippen LogP contribution >= 0.6 is 0 Å². The molecule has 21 heavy (non-hydrogen) atoms. The normalized spacial score (nSPS) is 15.9. The van der Waals surface area contributed by atoms with Gasteiger partial charge in [0.1, 0.15) is 5.82 Å². The van der Waals surface area contributed by atoms with E-state index in [0.717, 1.165) is 18.9 Å². The molecule has 0 radical (unpaired) electrons. The number of nitrogens with zero attached hydrogens (tertiary/aromatic N) is 1. The maximum atomic E-state index is 13.6. The van der Waals surface area contributed by atoms with Gasteiger partial charge in [0.25, 0.3) is 0 Å². The quantitative estimate of drug-likeness (QED) is 0.841. The second kappa shape index (κ2) is 6.42. The molecule has 0 atom stereocenters. The molecule has 0 aromatic heterocycles. The van der Waals surface area contributed by atoms with E-state index in [1.54, 1.807) is 6.07 Å². The highest BCUT2D eigenvalue weighted by atomic mass is 32.2. The molecule has 4 nitrogen and oxygen atoms in total. The van der Waals surface area contributed by atoms with E-state index in [0.29, 0.717) is 18.7 Å². The SMILES string of the molecule is CCN(C1CC1)S(=O)(=O)c1cc(F)ccc1CNC(C)C. The fraction of sp³-hybridized carbons (Fsp3) is 0.600. The number of benzene rings is 1. The van der Waals surface area contributed by atoms with Crippen LogP contribution in [0.5, 0.6) is 0 Å². The summed E-state index contributed by atoms with van der Waals surface area (Å²) in [5, 5.41) is 3.19. The van der Waals surface area contributed by atoms with Gasteiger partial charge in [-0.3, -0.25) is 0 Å². The lowest BCUT2D eigenvalue weighted by Crippen LogP contribution is -2.34. The summed E-state index contributed by atoms with van der Waals surface area (Å²) in [6.45, 7) is 6.62. The van der Waals surface area contributed by atoms with Crippen molar-refractivity contribution in [1.82, 2.24) is 9.62 Å². The number of nitrogens with one attached hydrogen (secondary N) is 1. The van der Waals surface area contributed by atoms with E-state index in [9.17, 15) is 12.8 Å². The number of sulfonamides is 1. The molecule has 0 bridgehead atoms. The van der Waals surface area contributed by atoms with E-state index in [1.807, 2.05) is 20.8 Å². The average molecular weight is 314 g/mol. The first-order valence-electron chi connectivity index (χ1n) is 7.40. The lowest BCUT2D eigenvalue weighted by molar-refractivity contribution is 0.419. The highest BCUT2D eigenvalue weighted by Gasteiger charge is 2.37. The second-order valence-corrected chi connectivity index (χ2v) is 7.59. The van der Waals surface area contributed by atoms with E-state index in [1.165, 1.54) is 10.4 Å². The van der Waals surface area contributed by atoms with Gasteiger partial charge in [-0.05, 0) is 30.5 Å². The minimum absolute atomic E-state index is 0.0779. The largest absolute Gasteiger partial charge is 0.310 e. The maximum Gasteiger partial charge on any atom is 0.243 e. The number of rotatable bonds is 7. The zero-order valence-corrected chi connectivity index (χ0v) is 13.6. The first-order valence-corrected chi connectivity index (χ1v) is 8.84. The molecule has 1 N–H and O–H groups in total. The Morgan fingerprint density at radius 2 is 2.05 bits per heavy atom. The summed E-state index contributed by atoms with van der Waals surface area (Å²) < 4.78 is 40.6. The molecule has 0 amide bonds. The van der Waals surface area contributed by atoms with Crippen LogP contribution in [-0.4, -0.2) is 31.4 Å². The topological polar surface area (TPSA) is 49.4 Å². The summed E-state index contributed by atoms with van der Waals surface area (Å²) in [6, 6.07) is 4.31. The molecule has 0 heterocycles. The van der Waals surface area contributed by atoms with Gasteiger partial charge < -0.3 is 5.32 Å². The standard InChI is InChI=1S/C15H23FN2O2S/c1-4-18(14-7-8-14)21(19,20)15-9-13(16)6-5-12(15)10-17-11(2)3/h5-6,9,11,14,17H,4,7-8,10H2,1-3H3. The predicted octanol–water partition coefficient (Wildman–Crippen LogP) is 2.50. The molecule has 1 aromatic carbocycles. The van der Waals surface area contributed by atoms with E-state index >= 15 is 0 Å². The number of hydrogen-bond donors (Lipinski definition) is 1. The molecule has 0 saturated heterocycles. The Morgan fingerprint density at radius 3 is 2.57 bits per heavy atom. The van der Waals surface area contributed by atoms with Crippen molar-refractivity contribution in [2.45, 2.75) is 57.1 Å². The van der Waals surface area contributed by atoms with Crippen molar-refractivity contribution in [3.05, 3.63) is 29.6 Å². The molecule has 1 saturated carbocycles. The molecular weight excluding hydrogens is 291 g/mol. The minimum atomic E-state index is -3.64. The Bertz CT molecular complexity index is 598. The monoisotopic (exact) mass is 314 g/mol. The van der Waals surface area contributed by atoms with Gasteiger partial charge in [-0.15, -0.1) is 0 Å². The zero-order valence-electron chi connectivity index (χ0n) is 12.8. The lowest BCUT2D eigenvalue weighted by Gasteiger charge is -2.22. The Kier molecular flexibility index (Phi) is 5.01. The van der Waals surface area contributed by atoms with Crippen LogP contribution < -0.4 is 5.32 Å². The van der Waals surface area contributed by atoms with Crippen molar-refractivity contribution < 1.29 is 12.8 Å². The summed E-state index contributed by atoms with van der Waals surface area (Å²) in [5.41, 5.74) is 0.615. The first-order chi connectivity index (χ1) is 9.86. The van der Waals surface area contributed by atoms with Crippen LogP contribution in [0.15, 0.2) is 23.1 Å². The van der Waals surface area contributed by atoms with Crippen LogP contribution in [0, 0.1) is 5.82 Å². The van der Waals surface area contributed by atoms with Crippen LogP contribution in [0.25, 0.3) is 0 Å². The molecule has 0 aliphatic heterocycles. The third-order valence-corrected chi connectivity index (χ3v) is 5.69. The van der Waals surface area contributed by atoms with Crippen LogP contribution in [0.4, 0.5) is 4.39 Å². The van der Waals surface area contributed by atoms with Gasteiger partial charge in [0.15, 0.2) is 0 Å². The zero-order chi connectivity index (χ0) is 15.6. The molecular formula is C15H23FN2O2S. The fourth-order valence-corrected chi connectivity index (χ4v) is 4.27. The lowest BCUT2D eigenvalue weighted by atomic mass is 10.2. The molecule has 1 aliphatic rings. The summed E-state index contributed by atoms with van der Waals surface area (Å²) in [7, 11) is -3.64. The molecule has 1 fully saturated rings. The van der Waals surface area contributed by atoms with Gasteiger partial charge in [0.05, 0.1) is 4.90 Å². The molecule has 118 valence electrons. The Morgan fingerprint density at radius 1 is 1.38 bits per heavy atom. The number of halogens is 1. The third-order valence-electron chi connectivity index (χ3n) is 3.58. The maximum absolute atomic E-state index is 13.6. The van der Waals surface area contributed by atoms with E-state index in [4.69, 9.17) is 0 Å². The third kappa shape index (κ3) is 3.81. The van der Waals surface area contributed by atoms with Gasteiger partial charge in [0, 0.05) is 25.2 Å². The van der Waals surface area contributed by atoms with E-state index in [2.05, 4.69) is 5.32 Å². The van der Waals surface area contributed by atoms with Crippen molar-refractivity contribution in [2.75, 3.05) is 6.54 Å². The summed E-state index contributed by atoms with van der Waals surface area (Å²) in [6.07, 6.45) is 1.78. The Hall–Kier alpha value is -0.980. The van der Waals surface area contributed by atoms with Crippen molar-refractivity contribution >= 4 is 10.0 Å². The van der Waals surface area contributed by atoms with Gasteiger partial charge in [-0.25, -0.2) is 12.8 Å². The Balaban J connectivity index is 2.38. The molecule has 1 aliphatic carbocycles. The van der Waals surface area contributed by atoms with Crippen molar-refractivity contribution in [3.8, 4) is 0 Å². The van der Waals surface area contributed by atoms with Crippen molar-refractivity contribution in [1.29, 1.82) is 0 Å².